The number of hydrogen-bond acceptors (Lipinski definition) is 1. The van der Waals surface area contributed by atoms with Gasteiger partial charge in [-0.25, -0.2) is 0 Å². The van der Waals surface area contributed by atoms with E-state index in [1.54, 1.807) is 0 Å². The van der Waals surface area contributed by atoms with Crippen LogP contribution in [0.25, 0.3) is 0 Å². The Morgan fingerprint density at radius 1 is 1.50 bits per heavy atom. The van der Waals surface area contributed by atoms with E-state index in [0.29, 0.717) is 0 Å². The van der Waals surface area contributed by atoms with Crippen molar-refractivity contribution in [2.45, 2.75) is 6.18 Å². The van der Waals surface area contributed by atoms with Crippen molar-refractivity contribution < 1.29 is 13.2 Å². The number of allylic oxidation sites excluding steroid dienone is 2. The fourth-order valence-electron chi connectivity index (χ4n) is 0.788. The van der Waals surface area contributed by atoms with Crippen molar-refractivity contribution in [3.8, 4) is 6.07 Å². The van der Waals surface area contributed by atoms with Gasteiger partial charge in [0.05, 0.1) is 17.4 Å². The third-order valence-electron chi connectivity index (χ3n) is 1.33. The van der Waals surface area contributed by atoms with Gasteiger partial charge in [0, 0.05) is 0 Å². The van der Waals surface area contributed by atoms with Crippen molar-refractivity contribution in [1.29, 1.82) is 5.26 Å². The van der Waals surface area contributed by atoms with Crippen LogP contribution in [0.15, 0.2) is 22.5 Å². The van der Waals surface area contributed by atoms with Crippen molar-refractivity contribution >= 4 is 10.9 Å². The van der Waals surface area contributed by atoms with E-state index < -0.39 is 22.6 Å². The molecule has 1 aliphatic rings. The van der Waals surface area contributed by atoms with E-state index in [2.05, 4.69) is 0 Å². The summed E-state index contributed by atoms with van der Waals surface area (Å²) in [5, 5.41) is 10.8. The first-order chi connectivity index (χ1) is 5.54. The summed E-state index contributed by atoms with van der Waals surface area (Å²) in [6.07, 6.45) is -3.22. The molecule has 0 aromatic carbocycles. The summed E-state index contributed by atoms with van der Waals surface area (Å²) in [5.41, 5.74) is -0.621. The first-order valence-electron chi connectivity index (χ1n) is 3.14. The maximum Gasteiger partial charge on any atom is 0.416 e. The minimum absolute atomic E-state index is 0.172. The lowest BCUT2D eigenvalue weighted by molar-refractivity contribution is -0.0878. The molecule has 66 valence electrons. The summed E-state index contributed by atoms with van der Waals surface area (Å²) < 4.78 is 35.9. The lowest BCUT2D eigenvalue weighted by Crippen LogP contribution is -2.08. The zero-order valence-corrected chi connectivity index (χ0v) is 6.86. The van der Waals surface area contributed by atoms with Crippen LogP contribution in [0.4, 0.5) is 13.2 Å². The molecule has 1 heterocycles. The van der Waals surface area contributed by atoms with Gasteiger partial charge < -0.3 is 0 Å². The molecule has 0 aliphatic carbocycles. The zero-order chi connectivity index (χ0) is 9.19. The predicted octanol–water partition coefficient (Wildman–Crippen LogP) is 2.48. The van der Waals surface area contributed by atoms with E-state index in [9.17, 15) is 13.2 Å². The Hall–Kier alpha value is -0.890. The molecule has 0 amide bonds. The van der Waals surface area contributed by atoms with Crippen molar-refractivity contribution in [3.05, 3.63) is 22.5 Å². The lowest BCUT2D eigenvalue weighted by Gasteiger charge is -2.05. The molecular weight excluding hydrogens is 187 g/mol. The first kappa shape index (κ1) is 9.20. The van der Waals surface area contributed by atoms with Gasteiger partial charge in [0.15, 0.2) is 0 Å². The van der Waals surface area contributed by atoms with Crippen LogP contribution in [0.1, 0.15) is 0 Å². The number of nitrogens with zero attached hydrogens (tertiary/aromatic N) is 1. The highest BCUT2D eigenvalue weighted by Gasteiger charge is 2.33. The molecule has 0 aromatic heterocycles. The van der Waals surface area contributed by atoms with Crippen LogP contribution in [0.5, 0.6) is 0 Å². The molecule has 0 bridgehead atoms. The van der Waals surface area contributed by atoms with E-state index >= 15 is 0 Å². The van der Waals surface area contributed by atoms with Crippen LogP contribution in [-0.2, 0) is 0 Å². The minimum atomic E-state index is -4.26. The molecule has 0 N–H and O–H groups in total. The minimum Gasteiger partial charge on any atom is -0.200 e. The SMILES string of the molecule is N#CC[SH]1C=CC(C(F)(F)F)=C1. The Morgan fingerprint density at radius 3 is 2.58 bits per heavy atom. The van der Waals surface area contributed by atoms with Crippen molar-refractivity contribution in [2.24, 2.45) is 0 Å². The number of halogens is 3. The molecule has 1 atom stereocenters. The monoisotopic (exact) mass is 193 g/mol. The Morgan fingerprint density at radius 2 is 2.17 bits per heavy atom. The van der Waals surface area contributed by atoms with Crippen molar-refractivity contribution in [2.75, 3.05) is 5.75 Å². The molecule has 1 rings (SSSR count). The Kier molecular flexibility index (Phi) is 2.48. The van der Waals surface area contributed by atoms with E-state index in [1.165, 1.54) is 5.41 Å². The van der Waals surface area contributed by atoms with Crippen molar-refractivity contribution in [1.82, 2.24) is 0 Å². The highest BCUT2D eigenvalue weighted by atomic mass is 32.2. The number of thiol groups is 1. The van der Waals surface area contributed by atoms with Gasteiger partial charge in [0.2, 0.25) is 0 Å². The summed E-state index contributed by atoms with van der Waals surface area (Å²) >= 11 is 0. The van der Waals surface area contributed by atoms with Gasteiger partial charge in [-0.2, -0.15) is 29.3 Å². The summed E-state index contributed by atoms with van der Waals surface area (Å²) in [6.45, 7) is 0. The highest BCUT2D eigenvalue weighted by molar-refractivity contribution is 8.22. The quantitative estimate of drug-likeness (QED) is 0.635. The number of alkyl halides is 3. The molecule has 0 spiro atoms. The zero-order valence-electron chi connectivity index (χ0n) is 5.97. The summed E-state index contributed by atoms with van der Waals surface area (Å²) in [7, 11) is -0.973. The van der Waals surface area contributed by atoms with E-state index in [1.807, 2.05) is 6.07 Å². The molecule has 1 aliphatic heterocycles. The second-order valence-corrected chi connectivity index (χ2v) is 4.13. The average molecular weight is 193 g/mol. The van der Waals surface area contributed by atoms with Gasteiger partial charge in [0.1, 0.15) is 0 Å². The smallest absolute Gasteiger partial charge is 0.200 e. The van der Waals surface area contributed by atoms with Gasteiger partial charge in [-0.05, 0) is 16.9 Å². The Balaban J connectivity index is 2.69. The van der Waals surface area contributed by atoms with Gasteiger partial charge in [-0.3, -0.25) is 0 Å². The van der Waals surface area contributed by atoms with Gasteiger partial charge in [-0.15, -0.1) is 0 Å². The van der Waals surface area contributed by atoms with Crippen LogP contribution >= 0.6 is 10.9 Å². The van der Waals surface area contributed by atoms with Gasteiger partial charge in [-0.1, -0.05) is 0 Å². The number of nitriles is 1. The molecular formula is C7H6F3NS. The second kappa shape index (κ2) is 3.23. The fourth-order valence-corrected chi connectivity index (χ4v) is 2.18. The molecule has 0 saturated carbocycles. The molecule has 1 unspecified atom stereocenters. The highest BCUT2D eigenvalue weighted by Crippen LogP contribution is 2.41. The lowest BCUT2D eigenvalue weighted by atomic mass is 10.3. The largest absolute Gasteiger partial charge is 0.416 e. The normalized spacial score (nSPS) is 25.2. The molecule has 1 nitrogen and oxygen atoms in total. The van der Waals surface area contributed by atoms with Crippen LogP contribution < -0.4 is 0 Å². The first-order valence-corrected chi connectivity index (χ1v) is 4.80. The van der Waals surface area contributed by atoms with Gasteiger partial charge >= 0.3 is 6.18 Å². The number of rotatable bonds is 1. The van der Waals surface area contributed by atoms with Crippen LogP contribution in [0.3, 0.4) is 0 Å². The second-order valence-electron chi connectivity index (χ2n) is 2.23. The molecule has 0 saturated heterocycles. The van der Waals surface area contributed by atoms with Crippen molar-refractivity contribution in [3.63, 3.8) is 0 Å². The molecule has 12 heavy (non-hydrogen) atoms. The third kappa shape index (κ3) is 2.05. The van der Waals surface area contributed by atoms with Crippen LogP contribution in [-0.4, -0.2) is 11.9 Å². The predicted molar refractivity (Wildman–Crippen MR) is 42.7 cm³/mol. The number of hydrogen-bond donors (Lipinski definition) is 1. The molecule has 0 radical (unpaired) electrons. The van der Waals surface area contributed by atoms with Crippen LogP contribution in [0, 0.1) is 11.3 Å². The maximum absolute atomic E-state index is 12.0. The Labute approximate surface area is 70.5 Å². The average Bonchev–Trinajstić information content (AvgIpc) is 2.35. The summed E-state index contributed by atoms with van der Waals surface area (Å²) in [6, 6.07) is 1.85. The molecule has 0 fully saturated rings. The van der Waals surface area contributed by atoms with E-state index in [0.717, 1.165) is 11.5 Å². The molecule has 0 aromatic rings. The summed E-state index contributed by atoms with van der Waals surface area (Å²) in [4.78, 5) is 0. The molecule has 5 heteroatoms. The van der Waals surface area contributed by atoms with Gasteiger partial charge in [0.25, 0.3) is 0 Å². The Bertz CT molecular complexity index is 271. The fraction of sp³-hybridized carbons (Fsp3) is 0.286. The summed E-state index contributed by atoms with van der Waals surface area (Å²) in [5.74, 6) is 0.172. The topological polar surface area (TPSA) is 23.8 Å². The maximum atomic E-state index is 12.0. The standard InChI is InChI=1S/C7H6F3NS/c8-7(9,10)6-1-3-12(5-6)4-2-11/h1,3,5,12H,4H2. The van der Waals surface area contributed by atoms with E-state index in [4.69, 9.17) is 5.26 Å². The third-order valence-corrected chi connectivity index (χ3v) is 2.98. The van der Waals surface area contributed by atoms with Crippen LogP contribution in [0.2, 0.25) is 0 Å². The van der Waals surface area contributed by atoms with E-state index in [-0.39, 0.29) is 5.75 Å².